The molecule has 2 rings (SSSR count). The van der Waals surface area contributed by atoms with Gasteiger partial charge in [0.1, 0.15) is 5.82 Å². The zero-order valence-corrected chi connectivity index (χ0v) is 15.1. The van der Waals surface area contributed by atoms with Gasteiger partial charge in [-0.2, -0.15) is 0 Å². The molecular formula is C21H21FN2O3. The first-order valence-electron chi connectivity index (χ1n) is 8.39. The van der Waals surface area contributed by atoms with Gasteiger partial charge in [0.25, 0.3) is 11.8 Å². The van der Waals surface area contributed by atoms with Crippen LogP contribution in [0.4, 0.5) is 4.39 Å². The third-order valence-electron chi connectivity index (χ3n) is 3.58. The Hall–Kier alpha value is -3.25. The number of carbonyl (C=O) groups excluding carboxylic acids is 2. The number of rotatable bonds is 6. The van der Waals surface area contributed by atoms with Crippen LogP contribution in [0.1, 0.15) is 30.5 Å². The van der Waals surface area contributed by atoms with E-state index in [9.17, 15) is 14.0 Å². The van der Waals surface area contributed by atoms with E-state index in [0.717, 1.165) is 11.1 Å². The smallest absolute Gasteiger partial charge is 0.267 e. The molecule has 2 aromatic carbocycles. The first-order valence-corrected chi connectivity index (χ1v) is 8.39. The van der Waals surface area contributed by atoms with Crippen LogP contribution in [-0.4, -0.2) is 23.1 Å². The van der Waals surface area contributed by atoms with Crippen molar-refractivity contribution in [2.45, 2.75) is 19.9 Å². The Morgan fingerprint density at radius 3 is 2.33 bits per heavy atom. The SMILES string of the molecule is CC(C)NC(=O)C(=Cc1ccc(/C=C/C(=O)NO)cc1)c1cccc(F)c1. The number of benzene rings is 2. The Balaban J connectivity index is 2.34. The molecule has 140 valence electrons. The molecule has 0 saturated carbocycles. The van der Waals surface area contributed by atoms with Crippen LogP contribution in [0.3, 0.4) is 0 Å². The van der Waals surface area contributed by atoms with Gasteiger partial charge in [0.2, 0.25) is 0 Å². The Bertz CT molecular complexity index is 871. The highest BCUT2D eigenvalue weighted by Crippen LogP contribution is 2.20. The second-order valence-electron chi connectivity index (χ2n) is 6.17. The van der Waals surface area contributed by atoms with Crippen LogP contribution in [-0.2, 0) is 9.59 Å². The van der Waals surface area contributed by atoms with Gasteiger partial charge in [-0.15, -0.1) is 0 Å². The van der Waals surface area contributed by atoms with Crippen molar-refractivity contribution in [1.82, 2.24) is 10.8 Å². The van der Waals surface area contributed by atoms with Gasteiger partial charge >= 0.3 is 0 Å². The Morgan fingerprint density at radius 2 is 1.74 bits per heavy atom. The summed E-state index contributed by atoms with van der Waals surface area (Å²) < 4.78 is 13.6. The lowest BCUT2D eigenvalue weighted by molar-refractivity contribution is -0.124. The minimum Gasteiger partial charge on any atom is -0.350 e. The van der Waals surface area contributed by atoms with Crippen molar-refractivity contribution in [2.24, 2.45) is 0 Å². The standard InChI is InChI=1S/C21H21FN2O3/c1-14(2)23-21(26)19(17-4-3-5-18(22)13-17)12-16-8-6-15(7-9-16)10-11-20(25)24-27/h3-14,27H,1-2H3,(H,23,26)(H,24,25)/b11-10+,19-12?. The Labute approximate surface area is 157 Å². The number of nitrogens with one attached hydrogen (secondary N) is 2. The Kier molecular flexibility index (Phi) is 7.02. The molecule has 0 aliphatic rings. The topological polar surface area (TPSA) is 78.4 Å². The molecule has 2 amide bonds. The molecule has 0 bridgehead atoms. The normalized spacial score (nSPS) is 11.7. The average molecular weight is 368 g/mol. The summed E-state index contributed by atoms with van der Waals surface area (Å²) in [7, 11) is 0. The molecule has 0 aliphatic heterocycles. The number of amides is 2. The van der Waals surface area contributed by atoms with Crippen molar-refractivity contribution in [1.29, 1.82) is 0 Å². The molecule has 0 aromatic heterocycles. The maximum absolute atomic E-state index is 13.6. The van der Waals surface area contributed by atoms with Gasteiger partial charge in [0, 0.05) is 17.7 Å². The summed E-state index contributed by atoms with van der Waals surface area (Å²) in [6, 6.07) is 12.9. The van der Waals surface area contributed by atoms with E-state index in [1.54, 1.807) is 42.5 Å². The highest BCUT2D eigenvalue weighted by molar-refractivity contribution is 6.24. The second-order valence-corrected chi connectivity index (χ2v) is 6.17. The third-order valence-corrected chi connectivity index (χ3v) is 3.58. The maximum Gasteiger partial charge on any atom is 0.267 e. The van der Waals surface area contributed by atoms with Gasteiger partial charge < -0.3 is 5.32 Å². The minimum absolute atomic E-state index is 0.0559. The largest absolute Gasteiger partial charge is 0.350 e. The van der Waals surface area contributed by atoms with Gasteiger partial charge in [-0.3, -0.25) is 14.8 Å². The van der Waals surface area contributed by atoms with Crippen molar-refractivity contribution in [3.05, 3.63) is 77.1 Å². The van der Waals surface area contributed by atoms with E-state index < -0.39 is 11.7 Å². The van der Waals surface area contributed by atoms with E-state index in [2.05, 4.69) is 5.32 Å². The average Bonchev–Trinajstić information content (AvgIpc) is 2.64. The maximum atomic E-state index is 13.6. The fraction of sp³-hybridized carbons (Fsp3) is 0.143. The van der Waals surface area contributed by atoms with E-state index >= 15 is 0 Å². The summed E-state index contributed by atoms with van der Waals surface area (Å²) in [4.78, 5) is 23.6. The number of hydroxylamine groups is 1. The van der Waals surface area contributed by atoms with Crippen molar-refractivity contribution in [2.75, 3.05) is 0 Å². The summed E-state index contributed by atoms with van der Waals surface area (Å²) in [5, 5.41) is 11.3. The lowest BCUT2D eigenvalue weighted by Gasteiger charge is -2.12. The summed E-state index contributed by atoms with van der Waals surface area (Å²) in [6.07, 6.45) is 4.41. The molecule has 0 fully saturated rings. The lowest BCUT2D eigenvalue weighted by atomic mass is 10.0. The van der Waals surface area contributed by atoms with Gasteiger partial charge in [0.05, 0.1) is 0 Å². The van der Waals surface area contributed by atoms with Gasteiger partial charge in [-0.25, -0.2) is 9.87 Å². The molecule has 0 unspecified atom stereocenters. The van der Waals surface area contributed by atoms with Crippen LogP contribution in [0, 0.1) is 5.82 Å². The quantitative estimate of drug-likeness (QED) is 0.316. The lowest BCUT2D eigenvalue weighted by Crippen LogP contribution is -2.30. The molecule has 0 saturated heterocycles. The van der Waals surface area contributed by atoms with Gasteiger partial charge in [-0.05, 0) is 54.8 Å². The molecule has 6 heteroatoms. The number of carbonyl (C=O) groups is 2. The van der Waals surface area contributed by atoms with Crippen LogP contribution in [0.5, 0.6) is 0 Å². The highest BCUT2D eigenvalue weighted by atomic mass is 19.1. The van der Waals surface area contributed by atoms with Crippen LogP contribution in [0.25, 0.3) is 17.7 Å². The molecule has 27 heavy (non-hydrogen) atoms. The van der Waals surface area contributed by atoms with Crippen LogP contribution in [0.15, 0.2) is 54.6 Å². The number of hydrogen-bond donors (Lipinski definition) is 3. The van der Waals surface area contributed by atoms with Crippen LogP contribution in [0.2, 0.25) is 0 Å². The first-order chi connectivity index (χ1) is 12.9. The van der Waals surface area contributed by atoms with E-state index in [1.807, 2.05) is 13.8 Å². The van der Waals surface area contributed by atoms with Crippen LogP contribution < -0.4 is 10.8 Å². The van der Waals surface area contributed by atoms with Crippen molar-refractivity contribution < 1.29 is 19.2 Å². The van der Waals surface area contributed by atoms with Crippen molar-refractivity contribution in [3.8, 4) is 0 Å². The number of hydrogen-bond acceptors (Lipinski definition) is 3. The highest BCUT2D eigenvalue weighted by Gasteiger charge is 2.13. The minimum atomic E-state index is -0.627. The predicted octanol–water partition coefficient (Wildman–Crippen LogP) is 3.41. The van der Waals surface area contributed by atoms with Crippen molar-refractivity contribution >= 4 is 29.5 Å². The molecular weight excluding hydrogens is 347 g/mol. The molecule has 0 aliphatic carbocycles. The third kappa shape index (κ3) is 6.20. The van der Waals surface area contributed by atoms with E-state index in [4.69, 9.17) is 5.21 Å². The van der Waals surface area contributed by atoms with E-state index in [1.165, 1.54) is 29.8 Å². The van der Waals surface area contributed by atoms with Crippen molar-refractivity contribution in [3.63, 3.8) is 0 Å². The Morgan fingerprint density at radius 1 is 1.07 bits per heavy atom. The molecule has 2 aromatic rings. The monoisotopic (exact) mass is 368 g/mol. The summed E-state index contributed by atoms with van der Waals surface area (Å²) in [6.45, 7) is 3.70. The summed E-state index contributed by atoms with van der Waals surface area (Å²) >= 11 is 0. The van der Waals surface area contributed by atoms with Gasteiger partial charge in [0.15, 0.2) is 0 Å². The summed E-state index contributed by atoms with van der Waals surface area (Å²) in [5.41, 5.74) is 3.84. The van der Waals surface area contributed by atoms with Crippen LogP contribution >= 0.6 is 0 Å². The second kappa shape index (κ2) is 9.45. The molecule has 0 spiro atoms. The fourth-order valence-electron chi connectivity index (χ4n) is 2.36. The molecule has 5 nitrogen and oxygen atoms in total. The van der Waals surface area contributed by atoms with E-state index in [0.29, 0.717) is 11.1 Å². The predicted molar refractivity (Wildman–Crippen MR) is 103 cm³/mol. The molecule has 0 radical (unpaired) electrons. The molecule has 0 heterocycles. The fourth-order valence-corrected chi connectivity index (χ4v) is 2.36. The number of halogens is 1. The molecule has 0 atom stereocenters. The molecule has 3 N–H and O–H groups in total. The zero-order chi connectivity index (χ0) is 19.8. The summed E-state index contributed by atoms with van der Waals surface area (Å²) in [5.74, 6) is -1.34. The zero-order valence-electron chi connectivity index (χ0n) is 15.1. The van der Waals surface area contributed by atoms with Gasteiger partial charge in [-0.1, -0.05) is 36.4 Å². The first kappa shape index (κ1) is 20.1. The van der Waals surface area contributed by atoms with E-state index in [-0.39, 0.29) is 11.9 Å².